The Labute approximate surface area is 175 Å². The summed E-state index contributed by atoms with van der Waals surface area (Å²) in [6, 6.07) is 25.0. The molecule has 5 heteroatoms. The fraction of sp³-hybridized carbons (Fsp3) is 0.160. The Hall–Kier alpha value is -3.73. The Balaban J connectivity index is 1.66. The monoisotopic (exact) mass is 397 g/mol. The molecule has 3 aromatic carbocycles. The number of ether oxygens (including phenoxy) is 1. The largest absolute Gasteiger partial charge is 0.456 e. The highest BCUT2D eigenvalue weighted by atomic mass is 16.6. The summed E-state index contributed by atoms with van der Waals surface area (Å²) in [4.78, 5) is 21.7. The number of anilines is 2. The number of aromatic nitrogens is 2. The summed E-state index contributed by atoms with van der Waals surface area (Å²) in [5.74, 6) is 1.03. The van der Waals surface area contributed by atoms with Crippen molar-refractivity contribution in [2.24, 2.45) is 0 Å². The minimum absolute atomic E-state index is 0.340. The number of esters is 1. The Morgan fingerprint density at radius 1 is 0.833 bits per heavy atom. The molecule has 0 aliphatic carbocycles. The van der Waals surface area contributed by atoms with Crippen LogP contribution in [0.25, 0.3) is 22.3 Å². The summed E-state index contributed by atoms with van der Waals surface area (Å²) in [7, 11) is 0. The third kappa shape index (κ3) is 4.46. The normalized spacial score (nSPS) is 11.3. The molecule has 5 nitrogen and oxygen atoms in total. The predicted molar refractivity (Wildman–Crippen MR) is 120 cm³/mol. The van der Waals surface area contributed by atoms with Crippen molar-refractivity contribution in [1.82, 2.24) is 9.97 Å². The third-order valence-electron chi connectivity index (χ3n) is 4.42. The standard InChI is InChI=1S/C25H23N3O2/c1-25(2,3)30-24(29)18-13-15-19(16-14-18)26-23-20-11-7-8-12-21(20)27-22(28-23)17-9-5-4-6-10-17/h4-16H,1-3H3,(H,26,27,28). The summed E-state index contributed by atoms with van der Waals surface area (Å²) < 4.78 is 5.42. The molecule has 0 atom stereocenters. The molecule has 4 aromatic rings. The molecule has 1 aromatic heterocycles. The maximum atomic E-state index is 12.2. The van der Waals surface area contributed by atoms with Gasteiger partial charge < -0.3 is 10.1 Å². The van der Waals surface area contributed by atoms with Gasteiger partial charge >= 0.3 is 5.97 Å². The lowest BCUT2D eigenvalue weighted by atomic mass is 10.1. The van der Waals surface area contributed by atoms with Gasteiger partial charge in [0.25, 0.3) is 0 Å². The molecule has 0 radical (unpaired) electrons. The highest BCUT2D eigenvalue weighted by Gasteiger charge is 2.17. The first-order valence-electron chi connectivity index (χ1n) is 9.82. The van der Waals surface area contributed by atoms with E-state index in [1.807, 2.05) is 87.5 Å². The molecule has 0 spiro atoms. The van der Waals surface area contributed by atoms with Crippen LogP contribution in [0.4, 0.5) is 11.5 Å². The van der Waals surface area contributed by atoms with Gasteiger partial charge in [0.1, 0.15) is 11.4 Å². The van der Waals surface area contributed by atoms with Gasteiger partial charge in [0.15, 0.2) is 5.82 Å². The van der Waals surface area contributed by atoms with E-state index < -0.39 is 5.60 Å². The van der Waals surface area contributed by atoms with Crippen LogP contribution in [0.3, 0.4) is 0 Å². The number of hydrogen-bond acceptors (Lipinski definition) is 5. The zero-order valence-corrected chi connectivity index (χ0v) is 17.2. The topological polar surface area (TPSA) is 64.1 Å². The molecule has 4 rings (SSSR count). The van der Waals surface area contributed by atoms with E-state index in [4.69, 9.17) is 14.7 Å². The fourth-order valence-corrected chi connectivity index (χ4v) is 3.05. The Morgan fingerprint density at radius 2 is 1.50 bits per heavy atom. The molecule has 0 aliphatic heterocycles. The van der Waals surface area contributed by atoms with Crippen molar-refractivity contribution >= 4 is 28.4 Å². The van der Waals surface area contributed by atoms with Crippen LogP contribution in [-0.2, 0) is 4.74 Å². The van der Waals surface area contributed by atoms with Crippen molar-refractivity contribution in [2.45, 2.75) is 26.4 Å². The highest BCUT2D eigenvalue weighted by molar-refractivity contribution is 5.93. The van der Waals surface area contributed by atoms with Crippen LogP contribution < -0.4 is 5.32 Å². The second-order valence-electron chi connectivity index (χ2n) is 7.98. The first-order valence-corrected chi connectivity index (χ1v) is 9.82. The van der Waals surface area contributed by atoms with E-state index in [-0.39, 0.29) is 5.97 Å². The van der Waals surface area contributed by atoms with E-state index in [2.05, 4.69) is 5.32 Å². The maximum Gasteiger partial charge on any atom is 0.338 e. The number of carbonyl (C=O) groups excluding carboxylic acids is 1. The van der Waals surface area contributed by atoms with Gasteiger partial charge in [-0.05, 0) is 57.2 Å². The summed E-state index contributed by atoms with van der Waals surface area (Å²) in [6.45, 7) is 5.56. The Bertz CT molecular complexity index is 1180. The summed E-state index contributed by atoms with van der Waals surface area (Å²) in [5.41, 5.74) is 2.62. The van der Waals surface area contributed by atoms with Crippen molar-refractivity contribution in [3.8, 4) is 11.4 Å². The second kappa shape index (κ2) is 7.95. The first-order chi connectivity index (χ1) is 14.4. The molecule has 1 heterocycles. The molecule has 30 heavy (non-hydrogen) atoms. The van der Waals surface area contributed by atoms with Gasteiger partial charge in [-0.1, -0.05) is 42.5 Å². The minimum atomic E-state index is -0.526. The zero-order chi connectivity index (χ0) is 21.1. The molecule has 0 amide bonds. The number of benzene rings is 3. The van der Waals surface area contributed by atoms with Crippen LogP contribution in [0, 0.1) is 0 Å². The number of hydrogen-bond donors (Lipinski definition) is 1. The number of fused-ring (bicyclic) bond motifs is 1. The van der Waals surface area contributed by atoms with Crippen LogP contribution >= 0.6 is 0 Å². The molecular formula is C25H23N3O2. The van der Waals surface area contributed by atoms with Crippen LogP contribution in [-0.4, -0.2) is 21.5 Å². The van der Waals surface area contributed by atoms with Crippen LogP contribution in [0.15, 0.2) is 78.9 Å². The smallest absolute Gasteiger partial charge is 0.338 e. The summed E-state index contributed by atoms with van der Waals surface area (Å²) in [5, 5.41) is 4.29. The number of nitrogens with one attached hydrogen (secondary N) is 1. The fourth-order valence-electron chi connectivity index (χ4n) is 3.05. The van der Waals surface area contributed by atoms with Gasteiger partial charge in [0.05, 0.1) is 11.1 Å². The lowest BCUT2D eigenvalue weighted by molar-refractivity contribution is 0.00696. The average molecular weight is 397 g/mol. The zero-order valence-electron chi connectivity index (χ0n) is 17.2. The van der Waals surface area contributed by atoms with Gasteiger partial charge in [-0.15, -0.1) is 0 Å². The van der Waals surface area contributed by atoms with E-state index in [1.54, 1.807) is 12.1 Å². The van der Waals surface area contributed by atoms with Crippen molar-refractivity contribution in [3.63, 3.8) is 0 Å². The van der Waals surface area contributed by atoms with Gasteiger partial charge in [0.2, 0.25) is 0 Å². The Kier molecular flexibility index (Phi) is 5.19. The summed E-state index contributed by atoms with van der Waals surface area (Å²) in [6.07, 6.45) is 0. The lowest BCUT2D eigenvalue weighted by Crippen LogP contribution is -2.23. The van der Waals surface area contributed by atoms with E-state index >= 15 is 0 Å². The van der Waals surface area contributed by atoms with Crippen molar-refractivity contribution in [1.29, 1.82) is 0 Å². The molecule has 0 aliphatic rings. The van der Waals surface area contributed by atoms with Gasteiger partial charge in [-0.2, -0.15) is 0 Å². The van der Waals surface area contributed by atoms with Crippen LogP contribution in [0.5, 0.6) is 0 Å². The van der Waals surface area contributed by atoms with E-state index in [9.17, 15) is 4.79 Å². The molecule has 150 valence electrons. The average Bonchev–Trinajstić information content (AvgIpc) is 2.73. The second-order valence-corrected chi connectivity index (χ2v) is 7.98. The van der Waals surface area contributed by atoms with Gasteiger partial charge in [0, 0.05) is 16.6 Å². The lowest BCUT2D eigenvalue weighted by Gasteiger charge is -2.19. The van der Waals surface area contributed by atoms with Crippen LogP contribution in [0.2, 0.25) is 0 Å². The molecule has 0 fully saturated rings. The number of rotatable bonds is 4. The minimum Gasteiger partial charge on any atom is -0.456 e. The van der Waals surface area contributed by atoms with Gasteiger partial charge in [-0.3, -0.25) is 0 Å². The van der Waals surface area contributed by atoms with Crippen LogP contribution in [0.1, 0.15) is 31.1 Å². The van der Waals surface area contributed by atoms with Crippen molar-refractivity contribution in [2.75, 3.05) is 5.32 Å². The predicted octanol–water partition coefficient (Wildman–Crippen LogP) is 6.00. The van der Waals surface area contributed by atoms with E-state index in [0.29, 0.717) is 17.2 Å². The quantitative estimate of drug-likeness (QED) is 0.428. The third-order valence-corrected chi connectivity index (χ3v) is 4.42. The van der Waals surface area contributed by atoms with E-state index in [0.717, 1.165) is 22.2 Å². The molecule has 0 bridgehead atoms. The summed E-state index contributed by atoms with van der Waals surface area (Å²) >= 11 is 0. The van der Waals surface area contributed by atoms with Crippen molar-refractivity contribution in [3.05, 3.63) is 84.4 Å². The molecule has 1 N–H and O–H groups in total. The molecule has 0 saturated heterocycles. The van der Waals surface area contributed by atoms with Gasteiger partial charge in [-0.25, -0.2) is 14.8 Å². The van der Waals surface area contributed by atoms with Crippen molar-refractivity contribution < 1.29 is 9.53 Å². The Morgan fingerprint density at radius 3 is 2.20 bits per heavy atom. The highest BCUT2D eigenvalue weighted by Crippen LogP contribution is 2.27. The van der Waals surface area contributed by atoms with E-state index in [1.165, 1.54) is 0 Å². The SMILES string of the molecule is CC(C)(C)OC(=O)c1ccc(Nc2nc(-c3ccccc3)nc3ccccc23)cc1. The molecule has 0 saturated carbocycles. The number of para-hydroxylation sites is 1. The molecular weight excluding hydrogens is 374 g/mol. The number of nitrogens with zero attached hydrogens (tertiary/aromatic N) is 2. The number of carbonyl (C=O) groups is 1. The maximum absolute atomic E-state index is 12.2. The molecule has 0 unspecified atom stereocenters. The first kappa shape index (κ1) is 19.6.